The maximum absolute atomic E-state index is 11.7. The fraction of sp³-hybridized carbons (Fsp3) is 0.147. The van der Waals surface area contributed by atoms with Crippen LogP contribution in [0.4, 0.5) is 0 Å². The maximum Gasteiger partial charge on any atom is 0.328 e. The highest BCUT2D eigenvalue weighted by Crippen LogP contribution is 2.45. The second-order valence-electron chi connectivity index (χ2n) is 10.3. The highest BCUT2D eigenvalue weighted by atomic mass is 32.2. The zero-order chi connectivity index (χ0) is 29.1. The summed E-state index contributed by atoms with van der Waals surface area (Å²) in [4.78, 5) is 16.0. The standard InChI is InChI=1S/C34H29N3O4S/c1-42(40)29-15-17-31(35-21-29)41-28-13-10-25(11-14-28)33(23-3-2-4-23)34(26-12-16-30-27(19-26)20-36-37-30)24-8-5-22(6-9-24)7-18-32(38)39/h5-21,23H,2-4H2,1H3,(H,36,37)(H,38,39)/b18-7+,34-33+. The van der Waals surface area contributed by atoms with Crippen LogP contribution in [0.25, 0.3) is 28.1 Å². The van der Waals surface area contributed by atoms with E-state index >= 15 is 0 Å². The van der Waals surface area contributed by atoms with Gasteiger partial charge in [-0.15, -0.1) is 0 Å². The third kappa shape index (κ3) is 5.94. The Labute approximate surface area is 246 Å². The summed E-state index contributed by atoms with van der Waals surface area (Å²) in [6, 6.07) is 26.0. The van der Waals surface area contributed by atoms with Crippen molar-refractivity contribution in [2.45, 2.75) is 24.2 Å². The SMILES string of the molecule is CS(=O)c1ccc(Oc2ccc(/C(=C(\c3ccc(/C=C/C(=O)O)cc3)c3ccc4[nH]ncc4c3)C3CCC3)cc2)nc1. The molecule has 0 aliphatic heterocycles. The van der Waals surface area contributed by atoms with Crippen LogP contribution < -0.4 is 4.74 Å². The lowest BCUT2D eigenvalue weighted by Gasteiger charge is -2.31. The van der Waals surface area contributed by atoms with E-state index in [1.165, 1.54) is 12.0 Å². The second-order valence-corrected chi connectivity index (χ2v) is 11.7. The number of hydrogen-bond acceptors (Lipinski definition) is 5. The van der Waals surface area contributed by atoms with Gasteiger partial charge in [0.1, 0.15) is 5.75 Å². The number of rotatable bonds is 9. The summed E-state index contributed by atoms with van der Waals surface area (Å²) < 4.78 is 17.7. The summed E-state index contributed by atoms with van der Waals surface area (Å²) in [6.45, 7) is 0. The third-order valence-corrected chi connectivity index (χ3v) is 8.46. The molecule has 7 nitrogen and oxygen atoms in total. The van der Waals surface area contributed by atoms with Gasteiger partial charge in [0.15, 0.2) is 0 Å². The molecule has 0 saturated heterocycles. The van der Waals surface area contributed by atoms with E-state index in [4.69, 9.17) is 9.84 Å². The van der Waals surface area contributed by atoms with Crippen molar-refractivity contribution in [2.24, 2.45) is 5.92 Å². The number of allylic oxidation sites excluding steroid dienone is 1. The van der Waals surface area contributed by atoms with Crippen LogP contribution in [0.3, 0.4) is 0 Å². The molecular weight excluding hydrogens is 546 g/mol. The van der Waals surface area contributed by atoms with Gasteiger partial charge >= 0.3 is 5.97 Å². The van der Waals surface area contributed by atoms with Crippen molar-refractivity contribution >= 4 is 44.9 Å². The van der Waals surface area contributed by atoms with Gasteiger partial charge in [0, 0.05) is 30.0 Å². The number of H-pyrrole nitrogens is 1. The molecule has 42 heavy (non-hydrogen) atoms. The van der Waals surface area contributed by atoms with Crippen LogP contribution in [0.1, 0.15) is 41.5 Å². The van der Waals surface area contributed by atoms with E-state index in [2.05, 4.69) is 57.6 Å². The lowest BCUT2D eigenvalue weighted by molar-refractivity contribution is -0.131. The zero-order valence-electron chi connectivity index (χ0n) is 23.0. The highest BCUT2D eigenvalue weighted by Gasteiger charge is 2.27. The lowest BCUT2D eigenvalue weighted by Crippen LogP contribution is -2.15. The molecule has 2 aromatic heterocycles. The van der Waals surface area contributed by atoms with Crippen molar-refractivity contribution in [3.63, 3.8) is 0 Å². The van der Waals surface area contributed by atoms with Crippen molar-refractivity contribution < 1.29 is 18.8 Å². The number of carboxylic acid groups (broad SMARTS) is 1. The minimum absolute atomic E-state index is 0.405. The van der Waals surface area contributed by atoms with E-state index in [1.54, 1.807) is 30.7 Å². The van der Waals surface area contributed by atoms with Gasteiger partial charge in [-0.2, -0.15) is 5.10 Å². The first-order valence-corrected chi connectivity index (χ1v) is 15.3. The largest absolute Gasteiger partial charge is 0.478 e. The van der Waals surface area contributed by atoms with Gasteiger partial charge in [-0.1, -0.05) is 48.9 Å². The van der Waals surface area contributed by atoms with Gasteiger partial charge in [0.2, 0.25) is 5.88 Å². The topological polar surface area (TPSA) is 105 Å². The Morgan fingerprint density at radius 2 is 1.69 bits per heavy atom. The number of pyridine rings is 1. The molecule has 0 spiro atoms. The van der Waals surface area contributed by atoms with E-state index in [9.17, 15) is 9.00 Å². The van der Waals surface area contributed by atoms with Gasteiger partial charge in [0.25, 0.3) is 0 Å². The number of nitrogens with zero attached hydrogens (tertiary/aromatic N) is 2. The van der Waals surface area contributed by atoms with E-state index < -0.39 is 16.8 Å². The summed E-state index contributed by atoms with van der Waals surface area (Å²) >= 11 is 0. The molecule has 0 radical (unpaired) electrons. The highest BCUT2D eigenvalue weighted by molar-refractivity contribution is 7.84. The maximum atomic E-state index is 11.7. The molecule has 1 unspecified atom stereocenters. The molecule has 0 amide bonds. The molecule has 3 aromatic carbocycles. The Kier molecular flexibility index (Phi) is 7.79. The van der Waals surface area contributed by atoms with Crippen LogP contribution in [0.5, 0.6) is 11.6 Å². The molecule has 1 aliphatic carbocycles. The van der Waals surface area contributed by atoms with Gasteiger partial charge < -0.3 is 9.84 Å². The molecule has 1 atom stereocenters. The molecule has 2 heterocycles. The number of aliphatic carboxylic acids is 1. The van der Waals surface area contributed by atoms with Gasteiger partial charge in [-0.05, 0) is 88.6 Å². The molecule has 6 rings (SSSR count). The number of hydrogen-bond donors (Lipinski definition) is 2. The normalized spacial score (nSPS) is 14.9. The van der Waals surface area contributed by atoms with Crippen LogP contribution in [-0.2, 0) is 15.6 Å². The van der Waals surface area contributed by atoms with Crippen molar-refractivity contribution in [3.05, 3.63) is 120 Å². The molecule has 1 aliphatic rings. The number of aromatic nitrogens is 3. The number of aromatic amines is 1. The van der Waals surface area contributed by atoms with E-state index in [0.29, 0.717) is 22.4 Å². The van der Waals surface area contributed by atoms with Crippen molar-refractivity contribution in [3.8, 4) is 11.6 Å². The summed E-state index contributed by atoms with van der Waals surface area (Å²) in [7, 11) is -1.09. The smallest absolute Gasteiger partial charge is 0.328 e. The lowest BCUT2D eigenvalue weighted by atomic mass is 9.73. The monoisotopic (exact) mass is 575 g/mol. The summed E-state index contributed by atoms with van der Waals surface area (Å²) in [5, 5.41) is 17.3. The second kappa shape index (κ2) is 12.0. The quantitative estimate of drug-likeness (QED) is 0.141. The van der Waals surface area contributed by atoms with Crippen LogP contribution in [0, 0.1) is 5.92 Å². The summed E-state index contributed by atoms with van der Waals surface area (Å²) in [5.41, 5.74) is 7.50. The third-order valence-electron chi connectivity index (χ3n) is 7.56. The molecule has 2 N–H and O–H groups in total. The first kappa shape index (κ1) is 27.4. The summed E-state index contributed by atoms with van der Waals surface area (Å²) in [6.07, 6.45) is 11.2. The first-order valence-electron chi connectivity index (χ1n) is 13.7. The van der Waals surface area contributed by atoms with Crippen LogP contribution in [0.2, 0.25) is 0 Å². The van der Waals surface area contributed by atoms with E-state index in [1.807, 2.05) is 30.5 Å². The number of nitrogens with one attached hydrogen (secondary N) is 1. The number of fused-ring (bicyclic) bond motifs is 1. The van der Waals surface area contributed by atoms with Gasteiger partial charge in [-0.25, -0.2) is 9.78 Å². The van der Waals surface area contributed by atoms with Crippen LogP contribution in [-0.4, -0.2) is 36.7 Å². The zero-order valence-corrected chi connectivity index (χ0v) is 23.8. The predicted molar refractivity (Wildman–Crippen MR) is 166 cm³/mol. The Bertz CT molecular complexity index is 1820. The molecule has 210 valence electrons. The fourth-order valence-corrected chi connectivity index (χ4v) is 5.67. The predicted octanol–water partition coefficient (Wildman–Crippen LogP) is 7.34. The Morgan fingerprint density at radius 1 is 0.952 bits per heavy atom. The molecule has 0 bridgehead atoms. The van der Waals surface area contributed by atoms with Gasteiger partial charge in [-0.3, -0.25) is 9.31 Å². The van der Waals surface area contributed by atoms with Crippen LogP contribution in [0.15, 0.2) is 102 Å². The fourth-order valence-electron chi connectivity index (χ4n) is 5.21. The number of ether oxygens (including phenoxy) is 1. The molecule has 5 aromatic rings. The average molecular weight is 576 g/mol. The first-order chi connectivity index (χ1) is 20.4. The average Bonchev–Trinajstić information content (AvgIpc) is 3.44. The molecule has 1 saturated carbocycles. The number of carbonyl (C=O) groups is 1. The Balaban J connectivity index is 1.42. The number of carboxylic acids is 1. The Morgan fingerprint density at radius 3 is 2.33 bits per heavy atom. The van der Waals surface area contributed by atoms with Gasteiger partial charge in [0.05, 0.1) is 27.4 Å². The molecule has 8 heteroatoms. The van der Waals surface area contributed by atoms with E-state index in [0.717, 1.165) is 57.6 Å². The minimum Gasteiger partial charge on any atom is -0.478 e. The van der Waals surface area contributed by atoms with Crippen LogP contribution >= 0.6 is 0 Å². The van der Waals surface area contributed by atoms with Crippen molar-refractivity contribution in [2.75, 3.05) is 6.26 Å². The minimum atomic E-state index is -1.09. The molecule has 1 fully saturated rings. The van der Waals surface area contributed by atoms with Crippen molar-refractivity contribution in [1.29, 1.82) is 0 Å². The Hall–Kier alpha value is -4.82. The molecular formula is C34H29N3O4S. The summed E-state index contributed by atoms with van der Waals surface area (Å²) in [5.74, 6) is 0.541. The van der Waals surface area contributed by atoms with Crippen molar-refractivity contribution in [1.82, 2.24) is 15.2 Å². The number of benzene rings is 3. The van der Waals surface area contributed by atoms with E-state index in [-0.39, 0.29) is 0 Å².